The molecular weight excluding hydrogens is 276 g/mol. The highest BCUT2D eigenvalue weighted by atomic mass is 32.1. The Kier molecular flexibility index (Phi) is 3.47. The summed E-state index contributed by atoms with van der Waals surface area (Å²) in [5.41, 5.74) is 7.55. The Balaban J connectivity index is 1.86. The van der Waals surface area contributed by atoms with Crippen molar-refractivity contribution in [3.63, 3.8) is 0 Å². The topological polar surface area (TPSA) is 73.6 Å². The van der Waals surface area contributed by atoms with E-state index in [1.165, 1.54) is 11.3 Å². The van der Waals surface area contributed by atoms with Gasteiger partial charge in [-0.25, -0.2) is 0 Å². The van der Waals surface area contributed by atoms with E-state index in [4.69, 9.17) is 15.2 Å². The number of ether oxygens (including phenoxy) is 2. The predicted octanol–water partition coefficient (Wildman–Crippen LogP) is 2.74. The number of fused-ring (bicyclic) bond motifs is 1. The molecule has 1 aliphatic rings. The Hall–Kier alpha value is -2.21. The van der Waals surface area contributed by atoms with Crippen molar-refractivity contribution in [3.05, 3.63) is 34.5 Å². The summed E-state index contributed by atoms with van der Waals surface area (Å²) in [6.45, 7) is 1.20. The highest BCUT2D eigenvalue weighted by Gasteiger charge is 2.15. The number of rotatable bonds is 2. The molecule has 0 atom stereocenters. The number of anilines is 2. The molecule has 0 spiro atoms. The molecule has 0 radical (unpaired) electrons. The van der Waals surface area contributed by atoms with Crippen LogP contribution in [0.25, 0.3) is 0 Å². The molecule has 0 saturated heterocycles. The number of amides is 1. The maximum absolute atomic E-state index is 12.0. The zero-order valence-corrected chi connectivity index (χ0v) is 11.5. The van der Waals surface area contributed by atoms with Gasteiger partial charge in [0, 0.05) is 23.9 Å². The zero-order valence-electron chi connectivity index (χ0n) is 10.7. The van der Waals surface area contributed by atoms with Gasteiger partial charge in [-0.2, -0.15) is 11.3 Å². The second kappa shape index (κ2) is 5.42. The van der Waals surface area contributed by atoms with Crippen LogP contribution >= 0.6 is 11.3 Å². The minimum Gasteiger partial charge on any atom is -0.489 e. The lowest BCUT2D eigenvalue weighted by Crippen LogP contribution is -2.12. The van der Waals surface area contributed by atoms with E-state index in [0.717, 1.165) is 6.42 Å². The Labute approximate surface area is 120 Å². The molecular formula is C14H14N2O3S. The molecule has 3 rings (SSSR count). The van der Waals surface area contributed by atoms with Gasteiger partial charge in [0.2, 0.25) is 0 Å². The lowest BCUT2D eigenvalue weighted by Gasteiger charge is -2.12. The third-order valence-corrected chi connectivity index (χ3v) is 3.63. The highest BCUT2D eigenvalue weighted by Crippen LogP contribution is 2.36. The summed E-state index contributed by atoms with van der Waals surface area (Å²) in [7, 11) is 0. The summed E-state index contributed by atoms with van der Waals surface area (Å²) in [4.78, 5) is 12.0. The van der Waals surface area contributed by atoms with Crippen LogP contribution in [-0.2, 0) is 0 Å². The van der Waals surface area contributed by atoms with Crippen molar-refractivity contribution in [3.8, 4) is 11.5 Å². The Morgan fingerprint density at radius 2 is 2.00 bits per heavy atom. The van der Waals surface area contributed by atoms with Gasteiger partial charge in [0.05, 0.1) is 30.2 Å². The van der Waals surface area contributed by atoms with E-state index < -0.39 is 0 Å². The van der Waals surface area contributed by atoms with Gasteiger partial charge in [0.15, 0.2) is 11.5 Å². The number of hydrogen-bond donors (Lipinski definition) is 2. The summed E-state index contributed by atoms with van der Waals surface area (Å²) in [5, 5.41) is 6.43. The molecule has 1 aliphatic heterocycles. The second-order valence-corrected chi connectivity index (χ2v) is 5.18. The van der Waals surface area contributed by atoms with Crippen molar-refractivity contribution < 1.29 is 14.3 Å². The molecule has 2 heterocycles. The lowest BCUT2D eigenvalue weighted by atomic mass is 10.2. The average molecular weight is 290 g/mol. The van der Waals surface area contributed by atoms with Crippen LogP contribution in [0.15, 0.2) is 29.0 Å². The maximum atomic E-state index is 12.0. The minimum absolute atomic E-state index is 0.188. The number of carbonyl (C=O) groups is 1. The molecule has 2 aromatic rings. The van der Waals surface area contributed by atoms with Crippen molar-refractivity contribution in [2.45, 2.75) is 6.42 Å². The van der Waals surface area contributed by atoms with Gasteiger partial charge in [-0.1, -0.05) is 0 Å². The van der Waals surface area contributed by atoms with Gasteiger partial charge in [0.1, 0.15) is 0 Å². The van der Waals surface area contributed by atoms with Gasteiger partial charge in [-0.05, 0) is 11.4 Å². The smallest absolute Gasteiger partial charge is 0.256 e. The van der Waals surface area contributed by atoms with E-state index >= 15 is 0 Å². The Morgan fingerprint density at radius 1 is 1.25 bits per heavy atom. The van der Waals surface area contributed by atoms with Crippen molar-refractivity contribution >= 4 is 28.6 Å². The first-order chi connectivity index (χ1) is 9.74. The number of carbonyl (C=O) groups excluding carboxylic acids is 1. The van der Waals surface area contributed by atoms with E-state index in [-0.39, 0.29) is 5.91 Å². The Morgan fingerprint density at radius 3 is 2.70 bits per heavy atom. The third kappa shape index (κ3) is 2.55. The first-order valence-electron chi connectivity index (χ1n) is 6.27. The molecule has 1 aromatic carbocycles. The van der Waals surface area contributed by atoms with Gasteiger partial charge < -0.3 is 20.5 Å². The number of thiophene rings is 1. The monoisotopic (exact) mass is 290 g/mol. The Bertz CT molecular complexity index is 626. The van der Waals surface area contributed by atoms with Crippen LogP contribution in [0.4, 0.5) is 11.4 Å². The highest BCUT2D eigenvalue weighted by molar-refractivity contribution is 7.08. The summed E-state index contributed by atoms with van der Waals surface area (Å²) < 4.78 is 11.1. The van der Waals surface area contributed by atoms with Crippen molar-refractivity contribution in [1.82, 2.24) is 0 Å². The lowest BCUT2D eigenvalue weighted by molar-refractivity contribution is 0.102. The molecule has 104 valence electrons. The molecule has 5 nitrogen and oxygen atoms in total. The second-order valence-electron chi connectivity index (χ2n) is 4.40. The summed E-state index contributed by atoms with van der Waals surface area (Å²) in [5.74, 6) is 1.04. The standard InChI is InChI=1S/C14H14N2O3S/c15-10-6-12-13(19-4-1-3-18-12)7-11(10)16-14(17)9-2-5-20-8-9/h2,5-8H,1,3-4,15H2,(H,16,17). The number of nitrogen functional groups attached to an aromatic ring is 1. The molecule has 3 N–H and O–H groups in total. The fourth-order valence-electron chi connectivity index (χ4n) is 1.92. The molecule has 0 fully saturated rings. The third-order valence-electron chi connectivity index (χ3n) is 2.95. The summed E-state index contributed by atoms with van der Waals surface area (Å²) in [6.07, 6.45) is 0.825. The van der Waals surface area contributed by atoms with E-state index in [1.54, 1.807) is 23.6 Å². The van der Waals surface area contributed by atoms with Crippen molar-refractivity contribution in [2.24, 2.45) is 0 Å². The number of nitrogens with two attached hydrogens (primary N) is 1. The van der Waals surface area contributed by atoms with E-state index in [0.29, 0.717) is 41.7 Å². The van der Waals surface area contributed by atoms with Crippen LogP contribution in [0.1, 0.15) is 16.8 Å². The summed E-state index contributed by atoms with van der Waals surface area (Å²) >= 11 is 1.47. The zero-order chi connectivity index (χ0) is 13.9. The number of nitrogens with one attached hydrogen (secondary N) is 1. The number of benzene rings is 1. The van der Waals surface area contributed by atoms with Gasteiger partial charge in [0.25, 0.3) is 5.91 Å². The maximum Gasteiger partial charge on any atom is 0.256 e. The molecule has 0 aliphatic carbocycles. The van der Waals surface area contributed by atoms with Gasteiger partial charge in [-0.15, -0.1) is 0 Å². The van der Waals surface area contributed by atoms with Crippen molar-refractivity contribution in [2.75, 3.05) is 24.3 Å². The molecule has 0 bridgehead atoms. The SMILES string of the molecule is Nc1cc2c(cc1NC(=O)c1ccsc1)OCCCO2. The van der Waals surface area contributed by atoms with Crippen LogP contribution in [0.5, 0.6) is 11.5 Å². The van der Waals surface area contributed by atoms with Crippen LogP contribution in [0, 0.1) is 0 Å². The largest absolute Gasteiger partial charge is 0.489 e. The quantitative estimate of drug-likeness (QED) is 0.834. The first-order valence-corrected chi connectivity index (χ1v) is 7.21. The fraction of sp³-hybridized carbons (Fsp3) is 0.214. The van der Waals surface area contributed by atoms with Crippen LogP contribution in [0.3, 0.4) is 0 Å². The molecule has 20 heavy (non-hydrogen) atoms. The number of hydrogen-bond acceptors (Lipinski definition) is 5. The van der Waals surface area contributed by atoms with Gasteiger partial charge >= 0.3 is 0 Å². The molecule has 0 unspecified atom stereocenters. The average Bonchev–Trinajstić information content (AvgIpc) is 2.88. The molecule has 1 amide bonds. The molecule has 1 aromatic heterocycles. The van der Waals surface area contributed by atoms with E-state index in [2.05, 4.69) is 5.32 Å². The van der Waals surface area contributed by atoms with Crippen LogP contribution < -0.4 is 20.5 Å². The minimum atomic E-state index is -0.188. The predicted molar refractivity (Wildman–Crippen MR) is 78.7 cm³/mol. The normalized spacial score (nSPS) is 13.6. The van der Waals surface area contributed by atoms with E-state index in [9.17, 15) is 4.79 Å². The summed E-state index contributed by atoms with van der Waals surface area (Å²) in [6, 6.07) is 5.16. The molecule has 6 heteroatoms. The van der Waals surface area contributed by atoms with Crippen LogP contribution in [0.2, 0.25) is 0 Å². The first kappa shape index (κ1) is 12.8. The van der Waals surface area contributed by atoms with Crippen LogP contribution in [-0.4, -0.2) is 19.1 Å². The fourth-order valence-corrected chi connectivity index (χ4v) is 2.56. The van der Waals surface area contributed by atoms with Crippen molar-refractivity contribution in [1.29, 1.82) is 0 Å². The van der Waals surface area contributed by atoms with Gasteiger partial charge in [-0.3, -0.25) is 4.79 Å². The van der Waals surface area contributed by atoms with E-state index in [1.807, 2.05) is 5.38 Å². The molecule has 0 saturated carbocycles.